The molecular formula is C13H19O. The number of hydrogen-bond acceptors (Lipinski definition) is 1. The van der Waals surface area contributed by atoms with Gasteiger partial charge >= 0.3 is 0 Å². The van der Waals surface area contributed by atoms with Gasteiger partial charge in [-0.05, 0) is 50.5 Å². The quantitative estimate of drug-likeness (QED) is 0.691. The van der Waals surface area contributed by atoms with E-state index in [0.29, 0.717) is 5.92 Å². The van der Waals surface area contributed by atoms with Crippen molar-refractivity contribution < 1.29 is 4.74 Å². The van der Waals surface area contributed by atoms with E-state index < -0.39 is 0 Å². The molecule has 14 heavy (non-hydrogen) atoms. The van der Waals surface area contributed by atoms with Gasteiger partial charge in [-0.1, -0.05) is 19.9 Å². The maximum atomic E-state index is 5.76. The first kappa shape index (κ1) is 11.1. The summed E-state index contributed by atoms with van der Waals surface area (Å²) in [6.45, 7) is 10.5. The van der Waals surface area contributed by atoms with Crippen LogP contribution in [0.25, 0.3) is 0 Å². The van der Waals surface area contributed by atoms with Crippen LogP contribution >= 0.6 is 0 Å². The summed E-state index contributed by atoms with van der Waals surface area (Å²) in [7, 11) is 0. The average Bonchev–Trinajstić information content (AvgIpc) is 2.01. The van der Waals surface area contributed by atoms with Crippen LogP contribution in [0.1, 0.15) is 46.1 Å². The predicted octanol–water partition coefficient (Wildman–Crippen LogP) is 3.79. The van der Waals surface area contributed by atoms with E-state index in [1.165, 1.54) is 5.56 Å². The lowest BCUT2D eigenvalue weighted by Gasteiger charge is -2.21. The molecule has 0 aliphatic heterocycles. The minimum absolute atomic E-state index is 0.135. The van der Waals surface area contributed by atoms with Crippen LogP contribution in [0.15, 0.2) is 18.2 Å². The van der Waals surface area contributed by atoms with Crippen molar-refractivity contribution in [1.29, 1.82) is 0 Å². The van der Waals surface area contributed by atoms with Crippen LogP contribution in [-0.4, -0.2) is 5.60 Å². The van der Waals surface area contributed by atoms with E-state index in [1.807, 2.05) is 12.1 Å². The maximum Gasteiger partial charge on any atom is 0.121 e. The summed E-state index contributed by atoms with van der Waals surface area (Å²) in [4.78, 5) is 0. The second kappa shape index (κ2) is 4.04. The highest BCUT2D eigenvalue weighted by Gasteiger charge is 2.12. The Balaban J connectivity index is 2.84. The van der Waals surface area contributed by atoms with Crippen LogP contribution in [0.2, 0.25) is 0 Å². The third kappa shape index (κ3) is 3.41. The molecule has 1 aromatic rings. The van der Waals surface area contributed by atoms with Gasteiger partial charge in [0.15, 0.2) is 0 Å². The minimum Gasteiger partial charge on any atom is -0.488 e. The van der Waals surface area contributed by atoms with Crippen molar-refractivity contribution in [2.75, 3.05) is 0 Å². The van der Waals surface area contributed by atoms with Gasteiger partial charge in [0.25, 0.3) is 0 Å². The molecule has 0 amide bonds. The fourth-order valence-electron chi connectivity index (χ4n) is 1.21. The molecule has 1 rings (SSSR count). The summed E-state index contributed by atoms with van der Waals surface area (Å²) in [6, 6.07) is 9.10. The van der Waals surface area contributed by atoms with E-state index in [0.717, 1.165) is 5.75 Å². The molecule has 0 aliphatic carbocycles. The zero-order chi connectivity index (χ0) is 10.8. The van der Waals surface area contributed by atoms with Crippen molar-refractivity contribution in [2.45, 2.75) is 46.1 Å². The normalized spacial score (nSPS) is 11.9. The first-order chi connectivity index (χ1) is 6.38. The highest BCUT2D eigenvalue weighted by atomic mass is 16.5. The van der Waals surface area contributed by atoms with Crippen LogP contribution in [0, 0.1) is 6.07 Å². The summed E-state index contributed by atoms with van der Waals surface area (Å²) in [5, 5.41) is 0. The second-order valence-corrected chi connectivity index (χ2v) is 4.87. The van der Waals surface area contributed by atoms with Crippen LogP contribution < -0.4 is 4.74 Å². The smallest absolute Gasteiger partial charge is 0.121 e. The molecular weight excluding hydrogens is 172 g/mol. The zero-order valence-electron chi connectivity index (χ0n) is 9.72. The molecule has 0 atom stereocenters. The Morgan fingerprint density at radius 3 is 2.36 bits per heavy atom. The van der Waals surface area contributed by atoms with Gasteiger partial charge in [0.1, 0.15) is 11.4 Å². The fraction of sp³-hybridized carbons (Fsp3) is 0.538. The standard InChI is InChI=1S/C13H19O/c1-10(2)11-7-6-8-12(9-11)14-13(3,4)5/h7-10H,1-5H3. The molecule has 0 bridgehead atoms. The van der Waals surface area contributed by atoms with Gasteiger partial charge in [0, 0.05) is 0 Å². The lowest BCUT2D eigenvalue weighted by molar-refractivity contribution is 0.131. The Hall–Kier alpha value is -0.980. The summed E-state index contributed by atoms with van der Waals surface area (Å²) in [5.74, 6) is 1.43. The van der Waals surface area contributed by atoms with Crippen molar-refractivity contribution >= 4 is 0 Å². The number of ether oxygens (including phenoxy) is 1. The third-order valence-electron chi connectivity index (χ3n) is 1.88. The van der Waals surface area contributed by atoms with E-state index >= 15 is 0 Å². The molecule has 0 heterocycles. The summed E-state index contributed by atoms with van der Waals surface area (Å²) < 4.78 is 5.76. The van der Waals surface area contributed by atoms with Gasteiger partial charge < -0.3 is 4.74 Å². The minimum atomic E-state index is -0.135. The first-order valence-corrected chi connectivity index (χ1v) is 5.08. The monoisotopic (exact) mass is 191 g/mol. The first-order valence-electron chi connectivity index (χ1n) is 5.08. The van der Waals surface area contributed by atoms with Crippen molar-refractivity contribution in [3.8, 4) is 5.75 Å². The van der Waals surface area contributed by atoms with Crippen molar-refractivity contribution in [2.24, 2.45) is 0 Å². The Morgan fingerprint density at radius 2 is 1.86 bits per heavy atom. The van der Waals surface area contributed by atoms with Crippen LogP contribution in [-0.2, 0) is 0 Å². The molecule has 0 saturated carbocycles. The molecule has 0 saturated heterocycles. The average molecular weight is 191 g/mol. The lowest BCUT2D eigenvalue weighted by atomic mass is 10.0. The van der Waals surface area contributed by atoms with Gasteiger partial charge in [-0.3, -0.25) is 0 Å². The van der Waals surface area contributed by atoms with Gasteiger partial charge in [-0.2, -0.15) is 0 Å². The van der Waals surface area contributed by atoms with Gasteiger partial charge in [-0.25, -0.2) is 0 Å². The predicted molar refractivity (Wildman–Crippen MR) is 59.7 cm³/mol. The molecule has 1 radical (unpaired) electrons. The Bertz CT molecular complexity index is 294. The number of benzene rings is 1. The van der Waals surface area contributed by atoms with E-state index in [9.17, 15) is 0 Å². The molecule has 0 unspecified atom stereocenters. The number of rotatable bonds is 2. The largest absolute Gasteiger partial charge is 0.488 e. The van der Waals surface area contributed by atoms with E-state index in [2.05, 4.69) is 46.8 Å². The molecule has 0 aromatic heterocycles. The van der Waals surface area contributed by atoms with E-state index in [4.69, 9.17) is 4.74 Å². The van der Waals surface area contributed by atoms with Crippen LogP contribution in [0.5, 0.6) is 5.75 Å². The van der Waals surface area contributed by atoms with E-state index in [1.54, 1.807) is 0 Å². The van der Waals surface area contributed by atoms with Gasteiger partial charge in [0.2, 0.25) is 0 Å². The molecule has 1 aromatic carbocycles. The second-order valence-electron chi connectivity index (χ2n) is 4.87. The maximum absolute atomic E-state index is 5.76. The van der Waals surface area contributed by atoms with Crippen molar-refractivity contribution in [3.63, 3.8) is 0 Å². The summed E-state index contributed by atoms with van der Waals surface area (Å²) >= 11 is 0. The van der Waals surface area contributed by atoms with Crippen molar-refractivity contribution in [3.05, 3.63) is 29.8 Å². The van der Waals surface area contributed by atoms with Crippen LogP contribution in [0.4, 0.5) is 0 Å². The Labute approximate surface area is 87.1 Å². The van der Waals surface area contributed by atoms with Gasteiger partial charge in [-0.15, -0.1) is 0 Å². The summed E-state index contributed by atoms with van der Waals surface area (Å²) in [6.07, 6.45) is 0. The highest BCUT2D eigenvalue weighted by molar-refractivity contribution is 5.29. The number of hydrogen-bond donors (Lipinski definition) is 0. The SMILES string of the molecule is CC(C)c1c[c]cc(OC(C)(C)C)c1. The third-order valence-corrected chi connectivity index (χ3v) is 1.88. The Kier molecular flexibility index (Phi) is 3.20. The molecule has 0 spiro atoms. The molecule has 0 N–H and O–H groups in total. The molecule has 1 nitrogen and oxygen atoms in total. The Morgan fingerprint density at radius 1 is 1.21 bits per heavy atom. The summed E-state index contributed by atoms with van der Waals surface area (Å²) in [5.41, 5.74) is 1.13. The molecule has 77 valence electrons. The van der Waals surface area contributed by atoms with Crippen LogP contribution in [0.3, 0.4) is 0 Å². The zero-order valence-corrected chi connectivity index (χ0v) is 9.72. The topological polar surface area (TPSA) is 9.23 Å². The molecule has 0 aliphatic rings. The van der Waals surface area contributed by atoms with Gasteiger partial charge in [0.05, 0.1) is 0 Å². The lowest BCUT2D eigenvalue weighted by Crippen LogP contribution is -2.22. The highest BCUT2D eigenvalue weighted by Crippen LogP contribution is 2.22. The van der Waals surface area contributed by atoms with E-state index in [-0.39, 0.29) is 5.60 Å². The molecule has 1 heteroatoms. The van der Waals surface area contributed by atoms with Crippen molar-refractivity contribution in [1.82, 2.24) is 0 Å². The fourth-order valence-corrected chi connectivity index (χ4v) is 1.21. The molecule has 0 fully saturated rings.